The van der Waals surface area contributed by atoms with Gasteiger partial charge in [-0.1, -0.05) is 6.92 Å². The molecule has 0 aromatic carbocycles. The van der Waals surface area contributed by atoms with E-state index >= 15 is 0 Å². The third-order valence-corrected chi connectivity index (χ3v) is 3.74. The van der Waals surface area contributed by atoms with Crippen LogP contribution >= 0.6 is 0 Å². The van der Waals surface area contributed by atoms with Crippen LogP contribution in [-0.2, 0) is 0 Å². The lowest BCUT2D eigenvalue weighted by Gasteiger charge is -2.30. The highest BCUT2D eigenvalue weighted by Gasteiger charge is 2.55. The van der Waals surface area contributed by atoms with Crippen LogP contribution in [0.25, 0.3) is 0 Å². The van der Waals surface area contributed by atoms with Crippen LogP contribution in [0.15, 0.2) is 0 Å². The van der Waals surface area contributed by atoms with Crippen molar-refractivity contribution < 1.29 is 10.2 Å². The fourth-order valence-electron chi connectivity index (χ4n) is 2.90. The summed E-state index contributed by atoms with van der Waals surface area (Å²) in [5.74, 6) is 0.913. The van der Waals surface area contributed by atoms with Gasteiger partial charge in [-0.3, -0.25) is 0 Å². The SMILES string of the molecule is CC1CCC2(O)CC2CC(C)(O)C1. The van der Waals surface area contributed by atoms with Crippen molar-refractivity contribution in [3.63, 3.8) is 0 Å². The molecule has 2 N–H and O–H groups in total. The van der Waals surface area contributed by atoms with Gasteiger partial charge in [-0.15, -0.1) is 0 Å². The van der Waals surface area contributed by atoms with Crippen LogP contribution in [-0.4, -0.2) is 21.4 Å². The fraction of sp³-hybridized carbons (Fsp3) is 1.00. The summed E-state index contributed by atoms with van der Waals surface area (Å²) in [5, 5.41) is 20.0. The second-order valence-corrected chi connectivity index (χ2v) is 5.55. The van der Waals surface area contributed by atoms with Gasteiger partial charge in [0, 0.05) is 0 Å². The summed E-state index contributed by atoms with van der Waals surface area (Å²) in [6.45, 7) is 4.08. The van der Waals surface area contributed by atoms with E-state index in [2.05, 4.69) is 6.92 Å². The van der Waals surface area contributed by atoms with Gasteiger partial charge in [-0.2, -0.15) is 0 Å². The molecular formula is C11H20O2. The minimum absolute atomic E-state index is 0.370. The zero-order chi connectivity index (χ0) is 9.69. The molecule has 0 amide bonds. The minimum Gasteiger partial charge on any atom is -0.390 e. The normalized spacial score (nSPS) is 56.3. The van der Waals surface area contributed by atoms with E-state index in [-0.39, 0.29) is 0 Å². The van der Waals surface area contributed by atoms with Crippen LogP contribution < -0.4 is 0 Å². The molecule has 0 aromatic rings. The van der Waals surface area contributed by atoms with Gasteiger partial charge in [0.25, 0.3) is 0 Å². The molecule has 0 aliphatic heterocycles. The second-order valence-electron chi connectivity index (χ2n) is 5.55. The van der Waals surface area contributed by atoms with E-state index in [0.717, 1.165) is 32.1 Å². The lowest BCUT2D eigenvalue weighted by Crippen LogP contribution is -2.32. The van der Waals surface area contributed by atoms with Gasteiger partial charge in [0.2, 0.25) is 0 Å². The highest BCUT2D eigenvalue weighted by Crippen LogP contribution is 2.53. The highest BCUT2D eigenvalue weighted by atomic mass is 16.3. The molecule has 2 rings (SSSR count). The van der Waals surface area contributed by atoms with E-state index in [4.69, 9.17) is 0 Å². The van der Waals surface area contributed by atoms with E-state index in [0.29, 0.717) is 11.8 Å². The zero-order valence-electron chi connectivity index (χ0n) is 8.58. The van der Waals surface area contributed by atoms with E-state index in [1.54, 1.807) is 0 Å². The number of hydrogen-bond acceptors (Lipinski definition) is 2. The Morgan fingerprint density at radius 2 is 1.85 bits per heavy atom. The Hall–Kier alpha value is -0.0800. The molecular weight excluding hydrogens is 164 g/mol. The molecule has 0 bridgehead atoms. The number of fused-ring (bicyclic) bond motifs is 1. The lowest BCUT2D eigenvalue weighted by atomic mass is 9.82. The summed E-state index contributed by atoms with van der Waals surface area (Å²) in [5.41, 5.74) is -0.951. The Morgan fingerprint density at radius 3 is 2.54 bits per heavy atom. The minimum atomic E-state index is -0.547. The van der Waals surface area contributed by atoms with Crippen molar-refractivity contribution in [2.45, 2.75) is 57.2 Å². The molecule has 13 heavy (non-hydrogen) atoms. The van der Waals surface area contributed by atoms with Gasteiger partial charge in [0.1, 0.15) is 0 Å². The third-order valence-electron chi connectivity index (χ3n) is 3.74. The van der Waals surface area contributed by atoms with E-state index in [1.165, 1.54) is 0 Å². The number of rotatable bonds is 0. The van der Waals surface area contributed by atoms with Crippen LogP contribution in [0.3, 0.4) is 0 Å². The van der Waals surface area contributed by atoms with Crippen molar-refractivity contribution >= 4 is 0 Å². The van der Waals surface area contributed by atoms with Crippen LogP contribution in [0.1, 0.15) is 46.0 Å². The van der Waals surface area contributed by atoms with E-state index in [1.807, 2.05) is 6.92 Å². The Labute approximate surface area is 80.0 Å². The fourth-order valence-corrected chi connectivity index (χ4v) is 2.90. The molecule has 2 saturated carbocycles. The Bertz CT molecular complexity index is 212. The quantitative estimate of drug-likeness (QED) is 0.601. The predicted molar refractivity (Wildman–Crippen MR) is 51.3 cm³/mol. The third kappa shape index (κ3) is 1.89. The monoisotopic (exact) mass is 184 g/mol. The number of hydrogen-bond donors (Lipinski definition) is 2. The largest absolute Gasteiger partial charge is 0.390 e. The first-order chi connectivity index (χ1) is 5.91. The molecule has 4 atom stereocenters. The molecule has 0 radical (unpaired) electrons. The van der Waals surface area contributed by atoms with Crippen molar-refractivity contribution in [2.75, 3.05) is 0 Å². The Kier molecular flexibility index (Phi) is 1.97. The molecule has 76 valence electrons. The van der Waals surface area contributed by atoms with Gasteiger partial charge in [0.15, 0.2) is 0 Å². The predicted octanol–water partition coefficient (Wildman–Crippen LogP) is 1.70. The zero-order valence-corrected chi connectivity index (χ0v) is 8.58. The summed E-state index contributed by atoms with van der Waals surface area (Å²) in [7, 11) is 0. The topological polar surface area (TPSA) is 40.5 Å². The summed E-state index contributed by atoms with van der Waals surface area (Å²) in [6, 6.07) is 0. The van der Waals surface area contributed by atoms with Crippen molar-refractivity contribution in [3.05, 3.63) is 0 Å². The molecule has 2 heteroatoms. The van der Waals surface area contributed by atoms with Crippen LogP contribution in [0, 0.1) is 11.8 Å². The number of aliphatic hydroxyl groups is 2. The molecule has 0 saturated heterocycles. The van der Waals surface area contributed by atoms with Crippen molar-refractivity contribution in [3.8, 4) is 0 Å². The van der Waals surface area contributed by atoms with Crippen LogP contribution in [0.2, 0.25) is 0 Å². The average molecular weight is 184 g/mol. The maximum Gasteiger partial charge on any atom is 0.0681 e. The Morgan fingerprint density at radius 1 is 1.15 bits per heavy atom. The Balaban J connectivity index is 2.06. The van der Waals surface area contributed by atoms with Crippen LogP contribution in [0.4, 0.5) is 0 Å². The van der Waals surface area contributed by atoms with Gasteiger partial charge < -0.3 is 10.2 Å². The molecule has 2 nitrogen and oxygen atoms in total. The molecule has 2 fully saturated rings. The van der Waals surface area contributed by atoms with Crippen molar-refractivity contribution in [2.24, 2.45) is 11.8 Å². The summed E-state index contributed by atoms with van der Waals surface area (Å²) < 4.78 is 0. The molecule has 0 aromatic heterocycles. The average Bonchev–Trinajstić information content (AvgIpc) is 2.54. The second kappa shape index (κ2) is 2.71. The standard InChI is InChI=1S/C11H20O2/c1-8-3-4-11(13)7-9(11)6-10(2,12)5-8/h8-9,12-13H,3-7H2,1-2H3. The van der Waals surface area contributed by atoms with E-state index < -0.39 is 11.2 Å². The highest BCUT2D eigenvalue weighted by molar-refractivity contribution is 5.06. The maximum atomic E-state index is 10.1. The van der Waals surface area contributed by atoms with Crippen molar-refractivity contribution in [1.29, 1.82) is 0 Å². The molecule has 0 heterocycles. The summed E-state index contributed by atoms with van der Waals surface area (Å²) >= 11 is 0. The van der Waals surface area contributed by atoms with Gasteiger partial charge in [-0.25, -0.2) is 0 Å². The first kappa shape index (κ1) is 9.47. The smallest absolute Gasteiger partial charge is 0.0681 e. The van der Waals surface area contributed by atoms with E-state index in [9.17, 15) is 10.2 Å². The molecule has 2 aliphatic carbocycles. The first-order valence-corrected chi connectivity index (χ1v) is 5.36. The van der Waals surface area contributed by atoms with Crippen LogP contribution in [0.5, 0.6) is 0 Å². The van der Waals surface area contributed by atoms with Gasteiger partial charge in [-0.05, 0) is 50.9 Å². The molecule has 2 aliphatic rings. The summed E-state index contributed by atoms with van der Waals surface area (Å²) in [4.78, 5) is 0. The maximum absolute atomic E-state index is 10.1. The van der Waals surface area contributed by atoms with Gasteiger partial charge >= 0.3 is 0 Å². The van der Waals surface area contributed by atoms with Crippen molar-refractivity contribution in [1.82, 2.24) is 0 Å². The first-order valence-electron chi connectivity index (χ1n) is 5.36. The molecule has 0 spiro atoms. The van der Waals surface area contributed by atoms with Gasteiger partial charge in [0.05, 0.1) is 11.2 Å². The molecule has 4 unspecified atom stereocenters. The lowest BCUT2D eigenvalue weighted by molar-refractivity contribution is -0.00604. The summed E-state index contributed by atoms with van der Waals surface area (Å²) in [6.07, 6.45) is 4.58.